The van der Waals surface area contributed by atoms with Gasteiger partial charge in [-0.05, 0) is 60.8 Å². The van der Waals surface area contributed by atoms with Crippen molar-refractivity contribution in [2.75, 3.05) is 11.9 Å². The highest BCUT2D eigenvalue weighted by Gasteiger charge is 2.09. The topological polar surface area (TPSA) is 50.9 Å². The lowest BCUT2D eigenvalue weighted by Gasteiger charge is -2.16. The highest BCUT2D eigenvalue weighted by atomic mass is 35.5. The van der Waals surface area contributed by atoms with Crippen LogP contribution in [0.2, 0.25) is 5.02 Å². The smallest absolute Gasteiger partial charge is 0.0702 e. The van der Waals surface area contributed by atoms with Crippen molar-refractivity contribution in [1.82, 2.24) is 4.98 Å². The molecule has 3 rings (SSSR count). The van der Waals surface area contributed by atoms with Gasteiger partial charge in [0.15, 0.2) is 0 Å². The van der Waals surface area contributed by atoms with E-state index in [0.29, 0.717) is 13.1 Å². The predicted molar refractivity (Wildman–Crippen MR) is 98.0 cm³/mol. The Morgan fingerprint density at radius 1 is 1.17 bits per heavy atom. The van der Waals surface area contributed by atoms with Crippen molar-refractivity contribution in [3.8, 4) is 0 Å². The second-order valence-electron chi connectivity index (χ2n) is 5.64. The van der Waals surface area contributed by atoms with Gasteiger partial charge in [0, 0.05) is 18.1 Å². The monoisotopic (exact) mass is 325 g/mol. The van der Waals surface area contributed by atoms with E-state index < -0.39 is 0 Å². The Kier molecular flexibility index (Phi) is 4.79. The first-order valence-electron chi connectivity index (χ1n) is 7.74. The summed E-state index contributed by atoms with van der Waals surface area (Å²) in [6.45, 7) is 3.41. The van der Waals surface area contributed by atoms with Crippen LogP contribution in [0.1, 0.15) is 16.7 Å². The van der Waals surface area contributed by atoms with Crippen LogP contribution in [-0.4, -0.2) is 11.5 Å². The number of nitrogens with one attached hydrogen (secondary N) is 1. The summed E-state index contributed by atoms with van der Waals surface area (Å²) in [6.07, 6.45) is 2.63. The van der Waals surface area contributed by atoms with Crippen LogP contribution >= 0.6 is 11.6 Å². The average molecular weight is 326 g/mol. The first kappa shape index (κ1) is 15.8. The number of nitrogens with two attached hydrogens (primary N) is 1. The third-order valence-corrected chi connectivity index (χ3v) is 4.34. The molecule has 0 saturated heterocycles. The molecule has 3 N–H and O–H groups in total. The molecule has 4 heteroatoms. The normalized spacial score (nSPS) is 10.9. The van der Waals surface area contributed by atoms with Crippen LogP contribution in [0.3, 0.4) is 0 Å². The van der Waals surface area contributed by atoms with Crippen LogP contribution in [0.5, 0.6) is 0 Å². The number of halogens is 1. The summed E-state index contributed by atoms with van der Waals surface area (Å²) in [5, 5.41) is 5.36. The molecule has 0 atom stereocenters. The second-order valence-corrected chi connectivity index (χ2v) is 6.05. The minimum absolute atomic E-state index is 0.609. The van der Waals surface area contributed by atoms with Crippen molar-refractivity contribution in [3.05, 3.63) is 70.4 Å². The zero-order valence-corrected chi connectivity index (χ0v) is 13.9. The molecular weight excluding hydrogens is 306 g/mol. The van der Waals surface area contributed by atoms with E-state index >= 15 is 0 Å². The van der Waals surface area contributed by atoms with Gasteiger partial charge in [0.2, 0.25) is 0 Å². The summed E-state index contributed by atoms with van der Waals surface area (Å²) < 4.78 is 0. The molecule has 0 bridgehead atoms. The van der Waals surface area contributed by atoms with Crippen LogP contribution in [-0.2, 0) is 13.0 Å². The number of benzene rings is 2. The van der Waals surface area contributed by atoms with Gasteiger partial charge >= 0.3 is 0 Å². The molecule has 0 fully saturated rings. The Morgan fingerprint density at radius 3 is 2.87 bits per heavy atom. The fourth-order valence-electron chi connectivity index (χ4n) is 2.81. The molecule has 118 valence electrons. The highest BCUT2D eigenvalue weighted by Crippen LogP contribution is 2.29. The number of aromatic nitrogens is 1. The van der Waals surface area contributed by atoms with E-state index in [0.717, 1.165) is 28.0 Å². The van der Waals surface area contributed by atoms with E-state index in [-0.39, 0.29) is 0 Å². The standard InChI is InChI=1S/C19H20ClN3/c1-13-4-6-17(20)19(16(13)8-9-21)23-12-14-5-7-18-15(11-14)3-2-10-22-18/h2-7,10-11,23H,8-9,12,21H2,1H3. The van der Waals surface area contributed by atoms with E-state index in [2.05, 4.69) is 35.4 Å². The van der Waals surface area contributed by atoms with Gasteiger partial charge in [0.25, 0.3) is 0 Å². The molecule has 0 amide bonds. The van der Waals surface area contributed by atoms with Gasteiger partial charge < -0.3 is 11.1 Å². The van der Waals surface area contributed by atoms with Crippen LogP contribution in [0.4, 0.5) is 5.69 Å². The first-order chi connectivity index (χ1) is 11.2. The molecule has 0 unspecified atom stereocenters. The summed E-state index contributed by atoms with van der Waals surface area (Å²) in [5.41, 5.74) is 11.3. The molecule has 0 aliphatic carbocycles. The number of hydrogen-bond acceptors (Lipinski definition) is 3. The summed E-state index contributed by atoms with van der Waals surface area (Å²) in [5.74, 6) is 0. The molecule has 0 saturated carbocycles. The number of anilines is 1. The van der Waals surface area contributed by atoms with E-state index in [1.54, 1.807) is 0 Å². The molecule has 0 spiro atoms. The molecule has 23 heavy (non-hydrogen) atoms. The van der Waals surface area contributed by atoms with Gasteiger partial charge in [0.1, 0.15) is 0 Å². The fourth-order valence-corrected chi connectivity index (χ4v) is 3.05. The Bertz CT molecular complexity index is 830. The molecule has 0 aliphatic heterocycles. The summed E-state index contributed by atoms with van der Waals surface area (Å²) in [4.78, 5) is 4.35. The van der Waals surface area contributed by atoms with Crippen LogP contribution < -0.4 is 11.1 Å². The largest absolute Gasteiger partial charge is 0.380 e. The van der Waals surface area contributed by atoms with Crippen LogP contribution in [0.25, 0.3) is 10.9 Å². The van der Waals surface area contributed by atoms with Gasteiger partial charge in [-0.2, -0.15) is 0 Å². The average Bonchev–Trinajstić information content (AvgIpc) is 2.57. The molecule has 0 aliphatic rings. The molecule has 3 aromatic rings. The van der Waals surface area contributed by atoms with Gasteiger partial charge in [0.05, 0.1) is 16.2 Å². The minimum Gasteiger partial charge on any atom is -0.380 e. The Morgan fingerprint density at radius 2 is 2.04 bits per heavy atom. The van der Waals surface area contributed by atoms with Crippen molar-refractivity contribution in [3.63, 3.8) is 0 Å². The Labute approximate surface area is 141 Å². The van der Waals surface area contributed by atoms with Crippen molar-refractivity contribution in [1.29, 1.82) is 0 Å². The van der Waals surface area contributed by atoms with Crippen molar-refractivity contribution < 1.29 is 0 Å². The number of aryl methyl sites for hydroxylation is 1. The quantitative estimate of drug-likeness (QED) is 0.735. The predicted octanol–water partition coefficient (Wildman–Crippen LogP) is 4.31. The zero-order chi connectivity index (χ0) is 16.2. The minimum atomic E-state index is 0.609. The zero-order valence-electron chi connectivity index (χ0n) is 13.1. The number of pyridine rings is 1. The summed E-state index contributed by atoms with van der Waals surface area (Å²) >= 11 is 6.39. The number of fused-ring (bicyclic) bond motifs is 1. The third kappa shape index (κ3) is 3.46. The lowest BCUT2D eigenvalue weighted by molar-refractivity contribution is 0.954. The SMILES string of the molecule is Cc1ccc(Cl)c(NCc2ccc3ncccc3c2)c1CCN. The third-order valence-electron chi connectivity index (χ3n) is 4.03. The van der Waals surface area contributed by atoms with Gasteiger partial charge in [-0.25, -0.2) is 0 Å². The maximum absolute atomic E-state index is 6.39. The second kappa shape index (κ2) is 6.99. The van der Waals surface area contributed by atoms with Crippen LogP contribution in [0.15, 0.2) is 48.7 Å². The lowest BCUT2D eigenvalue weighted by atomic mass is 10.0. The molecule has 1 aromatic heterocycles. The summed E-state index contributed by atoms with van der Waals surface area (Å²) in [6, 6.07) is 14.3. The fraction of sp³-hybridized carbons (Fsp3) is 0.211. The van der Waals surface area contributed by atoms with E-state index in [1.165, 1.54) is 16.7 Å². The molecule has 1 heterocycles. The first-order valence-corrected chi connectivity index (χ1v) is 8.12. The Hall–Kier alpha value is -2.10. The van der Waals surface area contributed by atoms with Crippen molar-refractivity contribution in [2.45, 2.75) is 19.9 Å². The van der Waals surface area contributed by atoms with Crippen molar-refractivity contribution in [2.24, 2.45) is 5.73 Å². The highest BCUT2D eigenvalue weighted by molar-refractivity contribution is 6.33. The van der Waals surface area contributed by atoms with E-state index in [9.17, 15) is 0 Å². The van der Waals surface area contributed by atoms with Gasteiger partial charge in [-0.1, -0.05) is 29.8 Å². The van der Waals surface area contributed by atoms with Crippen molar-refractivity contribution >= 4 is 28.2 Å². The van der Waals surface area contributed by atoms with Gasteiger partial charge in [-0.15, -0.1) is 0 Å². The molecular formula is C19H20ClN3. The van der Waals surface area contributed by atoms with E-state index in [4.69, 9.17) is 17.3 Å². The summed E-state index contributed by atoms with van der Waals surface area (Å²) in [7, 11) is 0. The number of nitrogens with zero attached hydrogens (tertiary/aromatic N) is 1. The molecule has 3 nitrogen and oxygen atoms in total. The number of hydrogen-bond donors (Lipinski definition) is 2. The lowest BCUT2D eigenvalue weighted by Crippen LogP contribution is -2.09. The van der Waals surface area contributed by atoms with Crippen LogP contribution in [0, 0.1) is 6.92 Å². The molecule has 0 radical (unpaired) electrons. The maximum atomic E-state index is 6.39. The maximum Gasteiger partial charge on any atom is 0.0702 e. The number of rotatable bonds is 5. The Balaban J connectivity index is 1.85. The van der Waals surface area contributed by atoms with Gasteiger partial charge in [-0.3, -0.25) is 4.98 Å². The molecule has 2 aromatic carbocycles. The van der Waals surface area contributed by atoms with E-state index in [1.807, 2.05) is 30.5 Å².